The van der Waals surface area contributed by atoms with Crippen molar-refractivity contribution in [2.24, 2.45) is 0 Å². The van der Waals surface area contributed by atoms with Gasteiger partial charge in [-0.3, -0.25) is 0 Å². The normalized spacial score (nSPS) is 10.6. The number of nitrogens with zero attached hydrogens (tertiary/aromatic N) is 3. The second-order valence-corrected chi connectivity index (χ2v) is 4.71. The van der Waals surface area contributed by atoms with Gasteiger partial charge in [-0.25, -0.2) is 14.8 Å². The van der Waals surface area contributed by atoms with Crippen molar-refractivity contribution in [3.8, 4) is 11.3 Å². The van der Waals surface area contributed by atoms with Crippen LogP contribution < -0.4 is 4.90 Å². The van der Waals surface area contributed by atoms with Gasteiger partial charge in [0, 0.05) is 24.5 Å². The van der Waals surface area contributed by atoms with E-state index in [1.807, 2.05) is 13.8 Å². The van der Waals surface area contributed by atoms with E-state index in [1.54, 1.807) is 17.3 Å². The van der Waals surface area contributed by atoms with Crippen LogP contribution in [0.5, 0.6) is 0 Å². The van der Waals surface area contributed by atoms with Crippen molar-refractivity contribution < 1.29 is 15.0 Å². The van der Waals surface area contributed by atoms with Crippen molar-refractivity contribution in [1.82, 2.24) is 15.0 Å². The van der Waals surface area contributed by atoms with Crippen LogP contribution in [0.3, 0.4) is 0 Å². The zero-order chi connectivity index (χ0) is 15.4. The molecule has 3 N–H and O–H groups in total. The molecule has 2 aromatic rings. The van der Waals surface area contributed by atoms with Crippen molar-refractivity contribution in [2.75, 3.05) is 18.2 Å². The summed E-state index contributed by atoms with van der Waals surface area (Å²) in [7, 11) is 0. The summed E-state index contributed by atoms with van der Waals surface area (Å²) in [4.78, 5) is 24.0. The van der Waals surface area contributed by atoms with Gasteiger partial charge in [-0.1, -0.05) is 6.92 Å². The average Bonchev–Trinajstić information content (AvgIpc) is 2.95. The van der Waals surface area contributed by atoms with Gasteiger partial charge in [0.25, 0.3) is 0 Å². The monoisotopic (exact) mass is 290 g/mol. The Morgan fingerprint density at radius 3 is 2.81 bits per heavy atom. The number of aromatic carboxylic acids is 1. The Morgan fingerprint density at radius 1 is 1.48 bits per heavy atom. The molecular weight excluding hydrogens is 272 g/mol. The molecule has 2 heterocycles. The molecule has 0 bridgehead atoms. The molecule has 0 saturated carbocycles. The Morgan fingerprint density at radius 2 is 2.24 bits per heavy atom. The highest BCUT2D eigenvalue weighted by Gasteiger charge is 2.14. The van der Waals surface area contributed by atoms with Crippen LogP contribution in [0, 0.1) is 6.92 Å². The maximum atomic E-state index is 10.9. The highest BCUT2D eigenvalue weighted by molar-refractivity contribution is 5.87. The van der Waals surface area contributed by atoms with Crippen LogP contribution in [0.15, 0.2) is 18.5 Å². The SMILES string of the molecule is CCCN(CO)c1ncc(C)c(-c2c[nH]c(C(=O)O)c2)n1. The molecule has 0 radical (unpaired) electrons. The Hall–Kier alpha value is -2.41. The molecule has 0 atom stereocenters. The maximum Gasteiger partial charge on any atom is 0.352 e. The third-order valence-corrected chi connectivity index (χ3v) is 3.09. The van der Waals surface area contributed by atoms with E-state index in [9.17, 15) is 9.90 Å². The minimum atomic E-state index is -1.02. The first-order valence-electron chi connectivity index (χ1n) is 6.68. The first-order valence-corrected chi connectivity index (χ1v) is 6.68. The molecule has 0 aromatic carbocycles. The van der Waals surface area contributed by atoms with Crippen molar-refractivity contribution in [3.63, 3.8) is 0 Å². The van der Waals surface area contributed by atoms with Gasteiger partial charge in [-0.15, -0.1) is 0 Å². The summed E-state index contributed by atoms with van der Waals surface area (Å²) in [5.41, 5.74) is 2.28. The lowest BCUT2D eigenvalue weighted by Crippen LogP contribution is -2.27. The molecule has 112 valence electrons. The predicted molar refractivity (Wildman–Crippen MR) is 78.2 cm³/mol. The highest BCUT2D eigenvalue weighted by atomic mass is 16.4. The topological polar surface area (TPSA) is 102 Å². The molecule has 0 aliphatic rings. The number of H-pyrrole nitrogens is 1. The maximum absolute atomic E-state index is 10.9. The molecule has 2 aromatic heterocycles. The van der Waals surface area contributed by atoms with Crippen LogP contribution in [-0.4, -0.2) is 44.4 Å². The second kappa shape index (κ2) is 6.36. The predicted octanol–water partition coefficient (Wildman–Crippen LogP) is 1.64. The molecule has 0 spiro atoms. The second-order valence-electron chi connectivity index (χ2n) is 4.71. The number of aliphatic hydroxyl groups excluding tert-OH is 1. The summed E-state index contributed by atoms with van der Waals surface area (Å²) in [6.07, 6.45) is 4.13. The van der Waals surface area contributed by atoms with Crippen LogP contribution >= 0.6 is 0 Å². The number of aryl methyl sites for hydroxylation is 1. The third-order valence-electron chi connectivity index (χ3n) is 3.09. The lowest BCUT2D eigenvalue weighted by Gasteiger charge is -2.19. The zero-order valence-corrected chi connectivity index (χ0v) is 12.0. The van der Waals surface area contributed by atoms with Gasteiger partial charge < -0.3 is 20.1 Å². The van der Waals surface area contributed by atoms with Crippen LogP contribution in [0.2, 0.25) is 0 Å². The molecule has 0 aliphatic heterocycles. The Balaban J connectivity index is 2.40. The minimum absolute atomic E-state index is 0.108. The first-order chi connectivity index (χ1) is 10.1. The molecule has 0 amide bonds. The van der Waals surface area contributed by atoms with Crippen LogP contribution in [0.25, 0.3) is 11.3 Å². The number of hydrogen-bond acceptors (Lipinski definition) is 5. The largest absolute Gasteiger partial charge is 0.477 e. The Bertz CT molecular complexity index is 639. The number of anilines is 1. The fraction of sp³-hybridized carbons (Fsp3) is 0.357. The lowest BCUT2D eigenvalue weighted by atomic mass is 10.1. The van der Waals surface area contributed by atoms with Crippen molar-refractivity contribution in [2.45, 2.75) is 20.3 Å². The highest BCUT2D eigenvalue weighted by Crippen LogP contribution is 2.23. The van der Waals surface area contributed by atoms with E-state index in [2.05, 4.69) is 15.0 Å². The van der Waals surface area contributed by atoms with E-state index >= 15 is 0 Å². The van der Waals surface area contributed by atoms with E-state index in [1.165, 1.54) is 6.07 Å². The van der Waals surface area contributed by atoms with Gasteiger partial charge in [0.15, 0.2) is 0 Å². The fourth-order valence-electron chi connectivity index (χ4n) is 2.04. The smallest absolute Gasteiger partial charge is 0.352 e. The van der Waals surface area contributed by atoms with Gasteiger partial charge in [-0.05, 0) is 25.0 Å². The van der Waals surface area contributed by atoms with E-state index in [0.29, 0.717) is 23.8 Å². The summed E-state index contributed by atoms with van der Waals surface area (Å²) < 4.78 is 0. The summed E-state index contributed by atoms with van der Waals surface area (Å²) in [6.45, 7) is 4.34. The standard InChI is InChI=1S/C14H18N4O3/c1-3-4-18(8-19)14-16-6-9(2)12(17-14)10-5-11(13(20)21)15-7-10/h5-7,15,19H,3-4,8H2,1-2H3,(H,20,21). The molecule has 7 heteroatoms. The lowest BCUT2D eigenvalue weighted by molar-refractivity contribution is 0.0691. The fourth-order valence-corrected chi connectivity index (χ4v) is 2.04. The molecule has 21 heavy (non-hydrogen) atoms. The molecule has 2 rings (SSSR count). The quantitative estimate of drug-likeness (QED) is 0.699. The Kier molecular flexibility index (Phi) is 4.54. The van der Waals surface area contributed by atoms with Crippen molar-refractivity contribution in [3.05, 3.63) is 29.7 Å². The van der Waals surface area contributed by atoms with Crippen LogP contribution in [0.1, 0.15) is 29.4 Å². The number of aromatic nitrogens is 3. The number of aromatic amines is 1. The molecule has 0 aliphatic carbocycles. The van der Waals surface area contributed by atoms with E-state index in [-0.39, 0.29) is 12.4 Å². The molecule has 0 fully saturated rings. The van der Waals surface area contributed by atoms with Crippen LogP contribution in [-0.2, 0) is 0 Å². The van der Waals surface area contributed by atoms with Crippen molar-refractivity contribution >= 4 is 11.9 Å². The number of carboxylic acids is 1. The Labute approximate surface area is 122 Å². The number of carboxylic acid groups (broad SMARTS) is 1. The van der Waals surface area contributed by atoms with Crippen LogP contribution in [0.4, 0.5) is 5.95 Å². The first kappa shape index (κ1) is 15.0. The summed E-state index contributed by atoms with van der Waals surface area (Å²) in [5, 5.41) is 18.3. The van der Waals surface area contributed by atoms with Gasteiger partial charge in [0.2, 0.25) is 5.95 Å². The number of rotatable bonds is 6. The summed E-state index contributed by atoms with van der Waals surface area (Å²) in [5.74, 6) is -0.589. The van der Waals surface area contributed by atoms with Gasteiger partial charge in [-0.2, -0.15) is 0 Å². The third kappa shape index (κ3) is 3.19. The van der Waals surface area contributed by atoms with Gasteiger partial charge >= 0.3 is 5.97 Å². The minimum Gasteiger partial charge on any atom is -0.477 e. The van der Waals surface area contributed by atoms with E-state index in [0.717, 1.165) is 12.0 Å². The average molecular weight is 290 g/mol. The van der Waals surface area contributed by atoms with Gasteiger partial charge in [0.05, 0.1) is 5.69 Å². The molecule has 7 nitrogen and oxygen atoms in total. The zero-order valence-electron chi connectivity index (χ0n) is 12.0. The molecule has 0 unspecified atom stereocenters. The molecule has 0 saturated heterocycles. The molecular formula is C14H18N4O3. The van der Waals surface area contributed by atoms with E-state index in [4.69, 9.17) is 5.11 Å². The van der Waals surface area contributed by atoms with E-state index < -0.39 is 5.97 Å². The van der Waals surface area contributed by atoms with Gasteiger partial charge in [0.1, 0.15) is 12.4 Å². The van der Waals surface area contributed by atoms with Crippen molar-refractivity contribution in [1.29, 1.82) is 0 Å². The number of carbonyl (C=O) groups is 1. The number of hydrogen-bond donors (Lipinski definition) is 3. The number of aliphatic hydroxyl groups is 1. The summed E-state index contributed by atoms with van der Waals surface area (Å²) in [6, 6.07) is 1.53. The summed E-state index contributed by atoms with van der Waals surface area (Å²) >= 11 is 0. The number of nitrogens with one attached hydrogen (secondary N) is 1.